The van der Waals surface area contributed by atoms with E-state index in [1.165, 1.54) is 55.6 Å². The Hall–Kier alpha value is -3.66. The summed E-state index contributed by atoms with van der Waals surface area (Å²) in [5.74, 6) is 0. The second kappa shape index (κ2) is 11.4. The molecule has 3 aromatic rings. The molecule has 0 unspecified atom stereocenters. The standard InChI is InChI=1S/C36H44N4/c1-9-21-22(10-2)30-18-32-25(13-5)26(14-6)34(39-32)20-36-28(16-8)27(15-7)35(40-36)19-33-24(12-4)23(11-3)31(38-33)17-29(21)37-30/h9,17-20,37,39H,1,10-16H2,2-8H3. The third-order valence-electron chi connectivity index (χ3n) is 8.74. The summed E-state index contributed by atoms with van der Waals surface area (Å²) >= 11 is 0. The fourth-order valence-electron chi connectivity index (χ4n) is 6.87. The van der Waals surface area contributed by atoms with E-state index in [2.05, 4.69) is 89.3 Å². The lowest BCUT2D eigenvalue weighted by Gasteiger charge is -2.04. The summed E-state index contributed by atoms with van der Waals surface area (Å²) in [6.45, 7) is 19.9. The van der Waals surface area contributed by atoms with Crippen molar-refractivity contribution in [2.45, 2.75) is 93.4 Å². The lowest BCUT2D eigenvalue weighted by Crippen LogP contribution is -1.86. The molecule has 208 valence electrons. The molecule has 0 spiro atoms. The molecule has 40 heavy (non-hydrogen) atoms. The zero-order valence-corrected chi connectivity index (χ0v) is 25.4. The molecule has 2 aliphatic heterocycles. The van der Waals surface area contributed by atoms with Gasteiger partial charge < -0.3 is 9.97 Å². The minimum atomic E-state index is 0.924. The molecule has 4 heteroatoms. The maximum Gasteiger partial charge on any atom is 0.0694 e. The molecule has 0 atom stereocenters. The van der Waals surface area contributed by atoms with Gasteiger partial charge in [-0.2, -0.15) is 0 Å². The number of aryl methyl sites for hydroxylation is 3. The third-order valence-corrected chi connectivity index (χ3v) is 8.74. The number of aromatic nitrogens is 4. The number of H-pyrrole nitrogens is 2. The van der Waals surface area contributed by atoms with E-state index in [0.29, 0.717) is 0 Å². The number of rotatable bonds is 8. The molecule has 0 radical (unpaired) electrons. The van der Waals surface area contributed by atoms with Crippen molar-refractivity contribution in [3.8, 4) is 0 Å². The number of aromatic amines is 2. The SMILES string of the molecule is C=Cc1c(CC)c2cc3[nH]c(cc4nc(cc5nc(cc1[nH]2)C(CC)=C5CC)C(CC)=C4CC)c(CC)c3CC. The number of hydrogen-bond acceptors (Lipinski definition) is 2. The molecule has 2 N–H and O–H groups in total. The summed E-state index contributed by atoms with van der Waals surface area (Å²) in [6, 6.07) is 9.09. The van der Waals surface area contributed by atoms with E-state index in [9.17, 15) is 0 Å². The first-order valence-electron chi connectivity index (χ1n) is 15.3. The molecule has 0 fully saturated rings. The highest BCUT2D eigenvalue weighted by Crippen LogP contribution is 2.39. The second-order valence-electron chi connectivity index (χ2n) is 10.7. The van der Waals surface area contributed by atoms with E-state index in [1.54, 1.807) is 0 Å². The molecule has 4 nitrogen and oxygen atoms in total. The molecule has 0 aromatic carbocycles. The fraction of sp³-hybridized carbons (Fsp3) is 0.389. The highest BCUT2D eigenvalue weighted by atomic mass is 14.8. The molecule has 5 rings (SSSR count). The van der Waals surface area contributed by atoms with Gasteiger partial charge in [-0.15, -0.1) is 0 Å². The van der Waals surface area contributed by atoms with Crippen molar-refractivity contribution in [2.75, 3.05) is 0 Å². The van der Waals surface area contributed by atoms with Crippen LogP contribution in [-0.4, -0.2) is 19.9 Å². The van der Waals surface area contributed by atoms with Crippen LogP contribution >= 0.6 is 0 Å². The van der Waals surface area contributed by atoms with E-state index in [1.807, 2.05) is 6.08 Å². The first-order valence-corrected chi connectivity index (χ1v) is 15.3. The average molecular weight is 533 g/mol. The van der Waals surface area contributed by atoms with Crippen LogP contribution in [0.15, 0.2) is 30.8 Å². The topological polar surface area (TPSA) is 57.4 Å². The molecule has 0 saturated carbocycles. The van der Waals surface area contributed by atoms with Crippen LogP contribution in [0.5, 0.6) is 0 Å². The Morgan fingerprint density at radius 1 is 0.500 bits per heavy atom. The van der Waals surface area contributed by atoms with Crippen molar-refractivity contribution in [2.24, 2.45) is 0 Å². The summed E-state index contributed by atoms with van der Waals surface area (Å²) in [4.78, 5) is 18.1. The largest absolute Gasteiger partial charge is 0.355 e. The first kappa shape index (κ1) is 27.9. The van der Waals surface area contributed by atoms with Crippen molar-refractivity contribution >= 4 is 50.4 Å². The van der Waals surface area contributed by atoms with Gasteiger partial charge in [0.15, 0.2) is 0 Å². The van der Waals surface area contributed by atoms with E-state index in [4.69, 9.17) is 9.97 Å². The van der Waals surface area contributed by atoms with Crippen LogP contribution in [0.2, 0.25) is 0 Å². The highest BCUT2D eigenvalue weighted by molar-refractivity contribution is 5.96. The van der Waals surface area contributed by atoms with Gasteiger partial charge in [0.05, 0.1) is 22.8 Å². The highest BCUT2D eigenvalue weighted by Gasteiger charge is 2.22. The lowest BCUT2D eigenvalue weighted by molar-refractivity contribution is 1.07. The van der Waals surface area contributed by atoms with Gasteiger partial charge in [-0.3, -0.25) is 0 Å². The van der Waals surface area contributed by atoms with Gasteiger partial charge in [-0.25, -0.2) is 9.97 Å². The number of fused-ring (bicyclic) bond motifs is 8. The predicted octanol–water partition coefficient (Wildman–Crippen LogP) is 10.1. The molecular weight excluding hydrogens is 488 g/mol. The van der Waals surface area contributed by atoms with E-state index < -0.39 is 0 Å². The maximum atomic E-state index is 5.27. The summed E-state index contributed by atoms with van der Waals surface area (Å²) in [7, 11) is 0. The van der Waals surface area contributed by atoms with Crippen LogP contribution in [0.1, 0.15) is 119 Å². The van der Waals surface area contributed by atoms with E-state index in [0.717, 1.165) is 78.8 Å². The van der Waals surface area contributed by atoms with E-state index >= 15 is 0 Å². The van der Waals surface area contributed by atoms with Gasteiger partial charge in [-0.05, 0) is 108 Å². The summed E-state index contributed by atoms with van der Waals surface area (Å²) < 4.78 is 0. The van der Waals surface area contributed by atoms with Crippen molar-refractivity contribution in [3.05, 3.63) is 75.9 Å². The Labute approximate surface area is 239 Å². The molecular formula is C36H44N4. The molecule has 0 amide bonds. The Balaban J connectivity index is 2.04. The van der Waals surface area contributed by atoms with Gasteiger partial charge >= 0.3 is 0 Å². The normalized spacial score (nSPS) is 13.5. The Kier molecular flexibility index (Phi) is 7.98. The molecule has 0 aliphatic carbocycles. The zero-order valence-electron chi connectivity index (χ0n) is 25.4. The molecule has 2 aliphatic rings. The van der Waals surface area contributed by atoms with Crippen molar-refractivity contribution < 1.29 is 0 Å². The Morgan fingerprint density at radius 3 is 1.30 bits per heavy atom. The summed E-state index contributed by atoms with van der Waals surface area (Å²) in [5.41, 5.74) is 19.4. The van der Waals surface area contributed by atoms with Crippen LogP contribution in [0.3, 0.4) is 0 Å². The monoisotopic (exact) mass is 532 g/mol. The van der Waals surface area contributed by atoms with Crippen molar-refractivity contribution in [1.29, 1.82) is 0 Å². The number of hydrogen-bond donors (Lipinski definition) is 2. The zero-order chi connectivity index (χ0) is 28.6. The Bertz CT molecular complexity index is 1700. The summed E-state index contributed by atoms with van der Waals surface area (Å²) in [6.07, 6.45) is 8.67. The number of nitrogens with one attached hydrogen (secondary N) is 2. The average Bonchev–Trinajstić information content (AvgIpc) is 3.67. The van der Waals surface area contributed by atoms with Gasteiger partial charge in [0.1, 0.15) is 0 Å². The van der Waals surface area contributed by atoms with Gasteiger partial charge in [0.25, 0.3) is 0 Å². The van der Waals surface area contributed by atoms with Gasteiger partial charge in [0.2, 0.25) is 0 Å². The van der Waals surface area contributed by atoms with Crippen molar-refractivity contribution in [1.82, 2.24) is 19.9 Å². The smallest absolute Gasteiger partial charge is 0.0694 e. The molecule has 5 heterocycles. The number of nitrogens with zero attached hydrogens (tertiary/aromatic N) is 2. The predicted molar refractivity (Wildman–Crippen MR) is 174 cm³/mol. The van der Waals surface area contributed by atoms with Crippen LogP contribution in [0, 0.1) is 0 Å². The molecule has 3 aromatic heterocycles. The second-order valence-corrected chi connectivity index (χ2v) is 10.7. The lowest BCUT2D eigenvalue weighted by atomic mass is 9.97. The maximum absolute atomic E-state index is 5.27. The van der Waals surface area contributed by atoms with Crippen molar-refractivity contribution in [3.63, 3.8) is 0 Å². The van der Waals surface area contributed by atoms with Crippen LogP contribution < -0.4 is 0 Å². The fourth-order valence-corrected chi connectivity index (χ4v) is 6.87. The molecule has 8 bridgehead atoms. The molecule has 0 saturated heterocycles. The number of allylic oxidation sites excluding steroid dienone is 4. The minimum absolute atomic E-state index is 0.924. The van der Waals surface area contributed by atoms with Crippen LogP contribution in [0.4, 0.5) is 0 Å². The van der Waals surface area contributed by atoms with E-state index in [-0.39, 0.29) is 0 Å². The minimum Gasteiger partial charge on any atom is -0.355 e. The quantitative estimate of drug-likeness (QED) is 0.303. The third kappa shape index (κ3) is 4.48. The van der Waals surface area contributed by atoms with Crippen LogP contribution in [0.25, 0.3) is 50.4 Å². The van der Waals surface area contributed by atoms with Crippen LogP contribution in [-0.2, 0) is 19.3 Å². The van der Waals surface area contributed by atoms with Gasteiger partial charge in [0, 0.05) is 27.6 Å². The Morgan fingerprint density at radius 2 is 0.875 bits per heavy atom. The summed E-state index contributed by atoms with van der Waals surface area (Å²) in [5, 5.41) is 0. The van der Waals surface area contributed by atoms with Gasteiger partial charge in [-0.1, -0.05) is 61.1 Å². The first-order chi connectivity index (χ1) is 19.5.